The molecule has 0 heterocycles. The Bertz CT molecular complexity index is 629. The minimum absolute atomic E-state index is 0.112. The van der Waals surface area contributed by atoms with Crippen LogP contribution in [0.3, 0.4) is 0 Å². The smallest absolute Gasteiger partial charge is 0.0994 e. The van der Waals surface area contributed by atoms with Gasteiger partial charge in [0.15, 0.2) is 0 Å². The molecule has 1 atom stereocenters. The standard InChI is InChI=1S/C16H15ClN2/c1-11-9-14(8-7-13(11)10-18)19-12(2)15-5-3-4-6-16(15)17/h3-9,12,19H,1-2H3. The molecular formula is C16H15ClN2. The van der Waals surface area contributed by atoms with Gasteiger partial charge in [0, 0.05) is 16.8 Å². The third-order valence-electron chi connectivity index (χ3n) is 3.10. The fourth-order valence-corrected chi connectivity index (χ4v) is 2.33. The highest BCUT2D eigenvalue weighted by Gasteiger charge is 2.09. The molecule has 0 amide bonds. The fraction of sp³-hybridized carbons (Fsp3) is 0.188. The predicted octanol–water partition coefficient (Wildman–Crippen LogP) is 4.69. The van der Waals surface area contributed by atoms with E-state index >= 15 is 0 Å². The van der Waals surface area contributed by atoms with Crippen LogP contribution in [0.25, 0.3) is 0 Å². The van der Waals surface area contributed by atoms with E-state index < -0.39 is 0 Å². The Balaban J connectivity index is 2.20. The van der Waals surface area contributed by atoms with Gasteiger partial charge >= 0.3 is 0 Å². The molecule has 1 N–H and O–H groups in total. The van der Waals surface area contributed by atoms with Crippen molar-refractivity contribution >= 4 is 17.3 Å². The van der Waals surface area contributed by atoms with Crippen LogP contribution in [0.2, 0.25) is 5.02 Å². The van der Waals surface area contributed by atoms with Gasteiger partial charge in [0.05, 0.1) is 11.6 Å². The average molecular weight is 271 g/mol. The van der Waals surface area contributed by atoms with E-state index in [9.17, 15) is 0 Å². The van der Waals surface area contributed by atoms with Crippen LogP contribution in [0.15, 0.2) is 42.5 Å². The zero-order chi connectivity index (χ0) is 13.8. The normalized spacial score (nSPS) is 11.7. The van der Waals surface area contributed by atoms with E-state index in [1.54, 1.807) is 0 Å². The van der Waals surface area contributed by atoms with Gasteiger partial charge in [-0.05, 0) is 49.2 Å². The fourth-order valence-electron chi connectivity index (χ4n) is 2.03. The molecule has 2 rings (SSSR count). The highest BCUT2D eigenvalue weighted by molar-refractivity contribution is 6.31. The summed E-state index contributed by atoms with van der Waals surface area (Å²) >= 11 is 6.18. The maximum atomic E-state index is 8.92. The Labute approximate surface area is 118 Å². The summed E-state index contributed by atoms with van der Waals surface area (Å²) in [7, 11) is 0. The number of aryl methyl sites for hydroxylation is 1. The highest BCUT2D eigenvalue weighted by atomic mass is 35.5. The number of benzene rings is 2. The van der Waals surface area contributed by atoms with E-state index in [-0.39, 0.29) is 6.04 Å². The summed E-state index contributed by atoms with van der Waals surface area (Å²) in [6.07, 6.45) is 0. The summed E-state index contributed by atoms with van der Waals surface area (Å²) in [6, 6.07) is 15.8. The number of hydrogen-bond acceptors (Lipinski definition) is 2. The van der Waals surface area contributed by atoms with E-state index in [2.05, 4.69) is 18.3 Å². The molecule has 2 nitrogen and oxygen atoms in total. The van der Waals surface area contributed by atoms with Gasteiger partial charge in [-0.25, -0.2) is 0 Å². The van der Waals surface area contributed by atoms with Crippen molar-refractivity contribution in [3.8, 4) is 6.07 Å². The quantitative estimate of drug-likeness (QED) is 0.878. The molecule has 1 unspecified atom stereocenters. The second-order valence-electron chi connectivity index (χ2n) is 4.53. The summed E-state index contributed by atoms with van der Waals surface area (Å²) in [4.78, 5) is 0. The maximum Gasteiger partial charge on any atom is 0.0994 e. The van der Waals surface area contributed by atoms with Gasteiger partial charge in [-0.2, -0.15) is 5.26 Å². The molecule has 0 bridgehead atoms. The summed E-state index contributed by atoms with van der Waals surface area (Å²) in [5.41, 5.74) is 3.73. The van der Waals surface area contributed by atoms with Crippen molar-refractivity contribution in [1.82, 2.24) is 0 Å². The van der Waals surface area contributed by atoms with Crippen LogP contribution in [-0.4, -0.2) is 0 Å². The Hall–Kier alpha value is -1.98. The molecule has 2 aromatic rings. The zero-order valence-electron chi connectivity index (χ0n) is 10.9. The molecular weight excluding hydrogens is 256 g/mol. The van der Waals surface area contributed by atoms with Crippen LogP contribution < -0.4 is 5.32 Å². The molecule has 3 heteroatoms. The van der Waals surface area contributed by atoms with Crippen molar-refractivity contribution in [2.24, 2.45) is 0 Å². The van der Waals surface area contributed by atoms with Crippen molar-refractivity contribution in [3.05, 3.63) is 64.2 Å². The lowest BCUT2D eigenvalue weighted by Gasteiger charge is -2.17. The minimum atomic E-state index is 0.112. The van der Waals surface area contributed by atoms with Crippen molar-refractivity contribution in [2.75, 3.05) is 5.32 Å². The lowest BCUT2D eigenvalue weighted by atomic mass is 10.1. The molecule has 0 aromatic heterocycles. The summed E-state index contributed by atoms with van der Waals surface area (Å²) in [6.45, 7) is 4.00. The van der Waals surface area contributed by atoms with Crippen molar-refractivity contribution in [1.29, 1.82) is 5.26 Å². The molecule has 0 spiro atoms. The lowest BCUT2D eigenvalue weighted by Crippen LogP contribution is -2.07. The van der Waals surface area contributed by atoms with Gasteiger partial charge in [-0.3, -0.25) is 0 Å². The number of nitrogens with zero attached hydrogens (tertiary/aromatic N) is 1. The van der Waals surface area contributed by atoms with Crippen LogP contribution in [0.5, 0.6) is 0 Å². The van der Waals surface area contributed by atoms with E-state index in [1.165, 1.54) is 0 Å². The van der Waals surface area contributed by atoms with Crippen LogP contribution in [0.1, 0.15) is 29.7 Å². The molecule has 19 heavy (non-hydrogen) atoms. The van der Waals surface area contributed by atoms with Gasteiger partial charge in [0.1, 0.15) is 0 Å². The van der Waals surface area contributed by atoms with Crippen LogP contribution in [-0.2, 0) is 0 Å². The third-order valence-corrected chi connectivity index (χ3v) is 3.45. The maximum absolute atomic E-state index is 8.92. The molecule has 0 aliphatic rings. The first kappa shape index (κ1) is 13.5. The lowest BCUT2D eigenvalue weighted by molar-refractivity contribution is 0.885. The number of nitrogens with one attached hydrogen (secondary N) is 1. The summed E-state index contributed by atoms with van der Waals surface area (Å²) in [5.74, 6) is 0. The molecule has 96 valence electrons. The molecule has 0 radical (unpaired) electrons. The van der Waals surface area contributed by atoms with Gasteiger partial charge < -0.3 is 5.32 Å². The van der Waals surface area contributed by atoms with Crippen molar-refractivity contribution < 1.29 is 0 Å². The molecule has 0 aliphatic heterocycles. The van der Waals surface area contributed by atoms with Crippen molar-refractivity contribution in [2.45, 2.75) is 19.9 Å². The van der Waals surface area contributed by atoms with Crippen LogP contribution in [0.4, 0.5) is 5.69 Å². The number of nitriles is 1. The average Bonchev–Trinajstić information content (AvgIpc) is 2.39. The van der Waals surface area contributed by atoms with Crippen LogP contribution in [0, 0.1) is 18.3 Å². The molecule has 0 saturated heterocycles. The Morgan fingerprint density at radius 1 is 1.21 bits per heavy atom. The van der Waals surface area contributed by atoms with E-state index in [4.69, 9.17) is 16.9 Å². The van der Waals surface area contributed by atoms with Gasteiger partial charge in [0.2, 0.25) is 0 Å². The Morgan fingerprint density at radius 3 is 2.58 bits per heavy atom. The highest BCUT2D eigenvalue weighted by Crippen LogP contribution is 2.26. The SMILES string of the molecule is Cc1cc(NC(C)c2ccccc2Cl)ccc1C#N. The number of rotatable bonds is 3. The van der Waals surface area contributed by atoms with Gasteiger partial charge in [-0.15, -0.1) is 0 Å². The largest absolute Gasteiger partial charge is 0.378 e. The second-order valence-corrected chi connectivity index (χ2v) is 4.94. The molecule has 0 aliphatic carbocycles. The Morgan fingerprint density at radius 2 is 1.95 bits per heavy atom. The predicted molar refractivity (Wildman–Crippen MR) is 79.4 cm³/mol. The van der Waals surface area contributed by atoms with Crippen LogP contribution >= 0.6 is 11.6 Å². The number of hydrogen-bond donors (Lipinski definition) is 1. The topological polar surface area (TPSA) is 35.8 Å². The minimum Gasteiger partial charge on any atom is -0.378 e. The zero-order valence-corrected chi connectivity index (χ0v) is 11.7. The first-order valence-electron chi connectivity index (χ1n) is 6.13. The van der Waals surface area contributed by atoms with E-state index in [0.29, 0.717) is 5.56 Å². The van der Waals surface area contributed by atoms with E-state index in [1.807, 2.05) is 49.4 Å². The van der Waals surface area contributed by atoms with Gasteiger partial charge in [0.25, 0.3) is 0 Å². The molecule has 0 fully saturated rings. The summed E-state index contributed by atoms with van der Waals surface area (Å²) in [5, 5.41) is 13.1. The third kappa shape index (κ3) is 3.07. The van der Waals surface area contributed by atoms with E-state index in [0.717, 1.165) is 21.8 Å². The number of halogens is 1. The number of anilines is 1. The van der Waals surface area contributed by atoms with Gasteiger partial charge in [-0.1, -0.05) is 29.8 Å². The molecule has 0 saturated carbocycles. The monoisotopic (exact) mass is 270 g/mol. The first-order chi connectivity index (χ1) is 9.11. The first-order valence-corrected chi connectivity index (χ1v) is 6.51. The summed E-state index contributed by atoms with van der Waals surface area (Å²) < 4.78 is 0. The Kier molecular flexibility index (Phi) is 4.09. The second kappa shape index (κ2) is 5.77. The molecule has 2 aromatic carbocycles. The van der Waals surface area contributed by atoms with Crippen molar-refractivity contribution in [3.63, 3.8) is 0 Å².